The molecule has 0 fully saturated rings. The van der Waals surface area contributed by atoms with E-state index >= 15 is 0 Å². The van der Waals surface area contributed by atoms with Crippen molar-refractivity contribution < 1.29 is 9.90 Å². The highest BCUT2D eigenvalue weighted by molar-refractivity contribution is 9.10. The van der Waals surface area contributed by atoms with E-state index in [0.29, 0.717) is 21.6 Å². The van der Waals surface area contributed by atoms with Crippen LogP contribution in [0.4, 0.5) is 5.82 Å². The van der Waals surface area contributed by atoms with Gasteiger partial charge in [-0.3, -0.25) is 9.78 Å². The summed E-state index contributed by atoms with van der Waals surface area (Å²) in [6.07, 6.45) is 3.44. The van der Waals surface area contributed by atoms with E-state index in [2.05, 4.69) is 42.6 Å². The van der Waals surface area contributed by atoms with Crippen molar-refractivity contribution in [2.45, 2.75) is 26.8 Å². The molecule has 0 saturated carbocycles. The molecular weight excluding hydrogens is 502 g/mol. The largest absolute Gasteiger partial charge is 0.395 e. The van der Waals surface area contributed by atoms with Crippen LogP contribution in [0, 0.1) is 17.2 Å². The fraction of sp³-hybridized carbons (Fsp3) is 0.304. The SMILES string of the molecule is Cc1ccc2ncc(-c3cnn4c(N)c(Br)c(C(C)NC(=O)C(C)(CO)CN=O)nc34)cc2c1. The number of aromatic nitrogens is 4. The molecule has 1 amide bonds. The van der Waals surface area contributed by atoms with Gasteiger partial charge in [0, 0.05) is 22.7 Å². The van der Waals surface area contributed by atoms with Gasteiger partial charge in [-0.05, 0) is 54.9 Å². The molecule has 0 bridgehead atoms. The number of nitrogens with zero attached hydrogens (tertiary/aromatic N) is 5. The molecule has 2 atom stereocenters. The van der Waals surface area contributed by atoms with E-state index in [1.807, 2.05) is 25.1 Å². The third-order valence-electron chi connectivity index (χ3n) is 5.86. The summed E-state index contributed by atoms with van der Waals surface area (Å²) in [5, 5.41) is 20.6. The maximum Gasteiger partial charge on any atom is 0.230 e. The third kappa shape index (κ3) is 4.12. The minimum atomic E-state index is -1.34. The van der Waals surface area contributed by atoms with Crippen molar-refractivity contribution in [3.8, 4) is 11.1 Å². The van der Waals surface area contributed by atoms with E-state index in [0.717, 1.165) is 27.6 Å². The Morgan fingerprint density at radius 1 is 1.35 bits per heavy atom. The van der Waals surface area contributed by atoms with Gasteiger partial charge in [-0.15, -0.1) is 0 Å². The summed E-state index contributed by atoms with van der Waals surface area (Å²) >= 11 is 3.47. The Hall–Kier alpha value is -3.44. The van der Waals surface area contributed by atoms with Crippen LogP contribution in [0.2, 0.25) is 0 Å². The maximum atomic E-state index is 12.7. The smallest absolute Gasteiger partial charge is 0.230 e. The Balaban J connectivity index is 1.77. The maximum absolute atomic E-state index is 12.7. The lowest BCUT2D eigenvalue weighted by atomic mass is 9.90. The van der Waals surface area contributed by atoms with Gasteiger partial charge in [0.25, 0.3) is 0 Å². The van der Waals surface area contributed by atoms with Crippen LogP contribution in [-0.2, 0) is 4.79 Å². The average molecular weight is 526 g/mol. The number of carbonyl (C=O) groups is 1. The van der Waals surface area contributed by atoms with Crippen molar-refractivity contribution in [2.24, 2.45) is 10.6 Å². The number of carbonyl (C=O) groups excluding carboxylic acids is 1. The van der Waals surface area contributed by atoms with Crippen LogP contribution in [0.1, 0.15) is 31.1 Å². The van der Waals surface area contributed by atoms with Crippen molar-refractivity contribution in [3.05, 3.63) is 57.3 Å². The molecule has 2 unspecified atom stereocenters. The molecule has 1 aromatic carbocycles. The first kappa shape index (κ1) is 23.7. The number of hydrogen-bond donors (Lipinski definition) is 3. The molecule has 176 valence electrons. The van der Waals surface area contributed by atoms with Gasteiger partial charge in [0.1, 0.15) is 5.82 Å². The number of halogens is 1. The van der Waals surface area contributed by atoms with Crippen LogP contribution >= 0.6 is 15.9 Å². The van der Waals surface area contributed by atoms with Crippen LogP contribution in [0.15, 0.2) is 46.3 Å². The molecule has 0 spiro atoms. The van der Waals surface area contributed by atoms with Crippen LogP contribution in [0.25, 0.3) is 27.7 Å². The molecule has 4 aromatic rings. The molecule has 10 nitrogen and oxygen atoms in total. The van der Waals surface area contributed by atoms with Crippen LogP contribution < -0.4 is 11.1 Å². The van der Waals surface area contributed by atoms with Crippen molar-refractivity contribution in [2.75, 3.05) is 18.9 Å². The molecule has 0 saturated heterocycles. The zero-order chi connectivity index (χ0) is 24.6. The minimum Gasteiger partial charge on any atom is -0.395 e. The van der Waals surface area contributed by atoms with Crippen molar-refractivity contribution in [1.29, 1.82) is 0 Å². The number of aryl methyl sites for hydroxylation is 1. The van der Waals surface area contributed by atoms with E-state index in [1.165, 1.54) is 11.4 Å². The third-order valence-corrected chi connectivity index (χ3v) is 6.68. The second-order valence-corrected chi connectivity index (χ2v) is 9.40. The van der Waals surface area contributed by atoms with Gasteiger partial charge in [0.15, 0.2) is 5.65 Å². The molecule has 0 aliphatic rings. The van der Waals surface area contributed by atoms with E-state index < -0.39 is 24.0 Å². The average Bonchev–Trinajstić information content (AvgIpc) is 3.24. The highest BCUT2D eigenvalue weighted by Crippen LogP contribution is 2.33. The zero-order valence-corrected chi connectivity index (χ0v) is 20.5. The number of rotatable bonds is 7. The number of nitroso groups, excluding NO2 is 1. The molecule has 4 rings (SSSR count). The molecule has 3 aromatic heterocycles. The molecule has 0 aliphatic carbocycles. The minimum absolute atomic E-state index is 0.316. The first-order valence-corrected chi connectivity index (χ1v) is 11.4. The number of amides is 1. The molecule has 11 heteroatoms. The second kappa shape index (κ2) is 9.07. The van der Waals surface area contributed by atoms with Crippen molar-refractivity contribution in [1.82, 2.24) is 24.9 Å². The van der Waals surface area contributed by atoms with E-state index in [1.54, 1.807) is 19.3 Å². The molecule has 3 heterocycles. The number of nitrogens with one attached hydrogen (secondary N) is 1. The van der Waals surface area contributed by atoms with Gasteiger partial charge in [-0.2, -0.15) is 14.5 Å². The normalized spacial score (nSPS) is 14.1. The van der Waals surface area contributed by atoms with Gasteiger partial charge in [-0.1, -0.05) is 16.8 Å². The van der Waals surface area contributed by atoms with Crippen molar-refractivity contribution in [3.63, 3.8) is 0 Å². The first-order chi connectivity index (χ1) is 16.2. The summed E-state index contributed by atoms with van der Waals surface area (Å²) in [6, 6.07) is 7.48. The number of pyridine rings is 1. The van der Waals surface area contributed by atoms with Gasteiger partial charge in [0.05, 0.1) is 46.5 Å². The Kier molecular flexibility index (Phi) is 6.32. The first-order valence-electron chi connectivity index (χ1n) is 10.6. The highest BCUT2D eigenvalue weighted by Gasteiger charge is 2.35. The number of hydrogen-bond acceptors (Lipinski definition) is 8. The topological polar surface area (TPSA) is 148 Å². The lowest BCUT2D eigenvalue weighted by Crippen LogP contribution is -2.44. The van der Waals surface area contributed by atoms with Crippen LogP contribution in [0.5, 0.6) is 0 Å². The number of benzene rings is 1. The monoisotopic (exact) mass is 525 g/mol. The second-order valence-electron chi connectivity index (χ2n) is 8.61. The number of anilines is 1. The van der Waals surface area contributed by atoms with Crippen LogP contribution in [-0.4, -0.2) is 43.7 Å². The number of nitrogens with two attached hydrogens (primary N) is 1. The van der Waals surface area contributed by atoms with Gasteiger partial charge in [-0.25, -0.2) is 4.98 Å². The summed E-state index contributed by atoms with van der Waals surface area (Å²) < 4.78 is 2.00. The predicted molar refractivity (Wildman–Crippen MR) is 133 cm³/mol. The molecule has 4 N–H and O–H groups in total. The molecule has 34 heavy (non-hydrogen) atoms. The highest BCUT2D eigenvalue weighted by atomic mass is 79.9. The standard InChI is InChI=1S/C23H24BrN7O3/c1-12-4-5-17-14(6-12)7-15(8-26-17)16-9-27-31-20(25)18(24)19(30-21(16)31)13(2)29-22(33)23(3,11-32)10-28-34/h4-9,13,32H,10-11,25H2,1-3H3,(H,29,33). The summed E-state index contributed by atoms with van der Waals surface area (Å²) in [5.41, 5.74) is 9.56. The molecular formula is C23H24BrN7O3. The van der Waals surface area contributed by atoms with Gasteiger partial charge < -0.3 is 16.2 Å². The summed E-state index contributed by atoms with van der Waals surface area (Å²) in [7, 11) is 0. The fourth-order valence-corrected chi connectivity index (χ4v) is 4.28. The molecule has 0 aliphatic heterocycles. The van der Waals surface area contributed by atoms with Crippen molar-refractivity contribution >= 4 is 44.2 Å². The molecule has 0 radical (unpaired) electrons. The Labute approximate surface area is 203 Å². The van der Waals surface area contributed by atoms with Gasteiger partial charge >= 0.3 is 0 Å². The number of nitrogen functional groups attached to an aromatic ring is 1. The zero-order valence-electron chi connectivity index (χ0n) is 18.9. The van der Waals surface area contributed by atoms with Crippen LogP contribution in [0.3, 0.4) is 0 Å². The summed E-state index contributed by atoms with van der Waals surface area (Å²) in [5.74, 6) is -0.200. The predicted octanol–water partition coefficient (Wildman–Crippen LogP) is 3.54. The summed E-state index contributed by atoms with van der Waals surface area (Å²) in [6.45, 7) is 4.37. The number of aliphatic hydroxyl groups is 1. The van der Waals surface area contributed by atoms with Gasteiger partial charge in [0.2, 0.25) is 5.91 Å². The number of aliphatic hydroxyl groups excluding tert-OH is 1. The Morgan fingerprint density at radius 3 is 2.82 bits per heavy atom. The van der Waals surface area contributed by atoms with E-state index in [9.17, 15) is 14.8 Å². The Morgan fingerprint density at radius 2 is 2.12 bits per heavy atom. The lowest BCUT2D eigenvalue weighted by molar-refractivity contribution is -0.132. The van der Waals surface area contributed by atoms with E-state index in [4.69, 9.17) is 10.7 Å². The summed E-state index contributed by atoms with van der Waals surface area (Å²) in [4.78, 5) is 32.8. The lowest BCUT2D eigenvalue weighted by Gasteiger charge is -2.25. The fourth-order valence-electron chi connectivity index (χ4n) is 3.68. The van der Waals surface area contributed by atoms with E-state index in [-0.39, 0.29) is 6.54 Å². The quantitative estimate of drug-likeness (QED) is 0.312. The number of fused-ring (bicyclic) bond motifs is 2. The Bertz CT molecular complexity index is 1420.